The Balaban J connectivity index is 1.70. The maximum absolute atomic E-state index is 13.2. The first-order chi connectivity index (χ1) is 11.6. The second-order valence-corrected chi connectivity index (χ2v) is 6.95. The molecule has 0 spiro atoms. The maximum atomic E-state index is 13.2. The number of aromatic nitrogens is 2. The Labute approximate surface area is 146 Å². The molecule has 0 amide bonds. The highest BCUT2D eigenvalue weighted by molar-refractivity contribution is 6.28. The summed E-state index contributed by atoms with van der Waals surface area (Å²) in [5.41, 5.74) is 3.31. The van der Waals surface area contributed by atoms with Crippen LogP contribution in [0.2, 0.25) is 5.28 Å². The SMILES string of the molecule is CN1CCN(c2nc(Cl)nc3c2CCC3c2ccc(F)cc2)CC1. The summed E-state index contributed by atoms with van der Waals surface area (Å²) in [6.45, 7) is 3.96. The lowest BCUT2D eigenvalue weighted by atomic mass is 9.97. The van der Waals surface area contributed by atoms with Gasteiger partial charge in [-0.25, -0.2) is 14.4 Å². The molecular formula is C18H20ClFN4. The standard InChI is InChI=1S/C18H20ClFN4/c1-23-8-10-24(11-9-23)17-15-7-6-14(16(15)21-18(19)22-17)12-2-4-13(20)5-3-12/h2-5,14H,6-11H2,1H3. The van der Waals surface area contributed by atoms with Gasteiger partial charge in [0.25, 0.3) is 0 Å². The Morgan fingerprint density at radius 3 is 2.50 bits per heavy atom. The highest BCUT2D eigenvalue weighted by Gasteiger charge is 2.31. The van der Waals surface area contributed by atoms with Crippen molar-refractivity contribution in [3.05, 3.63) is 52.2 Å². The third-order valence-electron chi connectivity index (χ3n) is 5.08. The molecule has 2 aliphatic rings. The van der Waals surface area contributed by atoms with Crippen LogP contribution in [0.1, 0.15) is 29.2 Å². The van der Waals surface area contributed by atoms with Gasteiger partial charge in [-0.1, -0.05) is 12.1 Å². The number of piperazine rings is 1. The normalized spacial score (nSPS) is 21.1. The van der Waals surface area contributed by atoms with Crippen molar-refractivity contribution in [2.45, 2.75) is 18.8 Å². The molecule has 1 aromatic carbocycles. The molecule has 24 heavy (non-hydrogen) atoms. The van der Waals surface area contributed by atoms with Crippen molar-refractivity contribution in [1.82, 2.24) is 14.9 Å². The fourth-order valence-electron chi connectivity index (χ4n) is 3.71. The van der Waals surface area contributed by atoms with Crippen LogP contribution in [0.25, 0.3) is 0 Å². The molecule has 1 saturated heterocycles. The maximum Gasteiger partial charge on any atom is 0.224 e. The predicted octanol–water partition coefficient (Wildman–Crippen LogP) is 3.10. The molecule has 0 bridgehead atoms. The Kier molecular flexibility index (Phi) is 4.14. The summed E-state index contributed by atoms with van der Waals surface area (Å²) in [5, 5.41) is 0.302. The number of benzene rings is 1. The van der Waals surface area contributed by atoms with Crippen LogP contribution in [-0.4, -0.2) is 48.1 Å². The summed E-state index contributed by atoms with van der Waals surface area (Å²) in [5.74, 6) is 0.950. The van der Waals surface area contributed by atoms with E-state index in [0.29, 0.717) is 5.28 Å². The van der Waals surface area contributed by atoms with Crippen LogP contribution in [0, 0.1) is 5.82 Å². The molecule has 1 aliphatic carbocycles. The second kappa shape index (κ2) is 6.30. The van der Waals surface area contributed by atoms with E-state index in [9.17, 15) is 4.39 Å². The van der Waals surface area contributed by atoms with E-state index in [0.717, 1.165) is 56.1 Å². The summed E-state index contributed by atoms with van der Waals surface area (Å²) < 4.78 is 13.2. The van der Waals surface area contributed by atoms with Gasteiger partial charge in [-0.3, -0.25) is 0 Å². The zero-order valence-corrected chi connectivity index (χ0v) is 14.4. The number of anilines is 1. The molecule has 1 aliphatic heterocycles. The third kappa shape index (κ3) is 2.87. The number of hydrogen-bond donors (Lipinski definition) is 0. The molecule has 4 rings (SSSR count). The van der Waals surface area contributed by atoms with Gasteiger partial charge < -0.3 is 9.80 Å². The van der Waals surface area contributed by atoms with Crippen molar-refractivity contribution in [1.29, 1.82) is 0 Å². The molecular weight excluding hydrogens is 327 g/mol. The first kappa shape index (κ1) is 15.8. The van der Waals surface area contributed by atoms with E-state index >= 15 is 0 Å². The fraction of sp³-hybridized carbons (Fsp3) is 0.444. The topological polar surface area (TPSA) is 32.3 Å². The first-order valence-corrected chi connectivity index (χ1v) is 8.75. The number of rotatable bonds is 2. The average Bonchev–Trinajstić information content (AvgIpc) is 2.99. The number of fused-ring (bicyclic) bond motifs is 1. The van der Waals surface area contributed by atoms with Crippen molar-refractivity contribution in [3.63, 3.8) is 0 Å². The van der Waals surface area contributed by atoms with E-state index < -0.39 is 0 Å². The largest absolute Gasteiger partial charge is 0.354 e. The number of hydrogen-bond acceptors (Lipinski definition) is 4. The van der Waals surface area contributed by atoms with E-state index in [1.165, 1.54) is 17.7 Å². The summed E-state index contributed by atoms with van der Waals surface area (Å²) in [6, 6.07) is 6.72. The van der Waals surface area contributed by atoms with E-state index in [1.54, 1.807) is 0 Å². The van der Waals surface area contributed by atoms with Crippen LogP contribution < -0.4 is 4.90 Å². The minimum Gasteiger partial charge on any atom is -0.354 e. The first-order valence-electron chi connectivity index (χ1n) is 8.37. The molecule has 0 N–H and O–H groups in total. The average molecular weight is 347 g/mol. The lowest BCUT2D eigenvalue weighted by Crippen LogP contribution is -2.45. The van der Waals surface area contributed by atoms with Crippen LogP contribution in [-0.2, 0) is 6.42 Å². The van der Waals surface area contributed by atoms with Crippen LogP contribution in [0.15, 0.2) is 24.3 Å². The van der Waals surface area contributed by atoms with Crippen LogP contribution in [0.3, 0.4) is 0 Å². The Hall–Kier alpha value is -1.72. The van der Waals surface area contributed by atoms with Gasteiger partial charge in [0.05, 0.1) is 5.69 Å². The van der Waals surface area contributed by atoms with Gasteiger partial charge in [0.1, 0.15) is 11.6 Å². The van der Waals surface area contributed by atoms with Gasteiger partial charge >= 0.3 is 0 Å². The van der Waals surface area contributed by atoms with Crippen molar-refractivity contribution in [2.75, 3.05) is 38.1 Å². The molecule has 1 fully saturated rings. The van der Waals surface area contributed by atoms with Crippen molar-refractivity contribution in [2.24, 2.45) is 0 Å². The Morgan fingerprint density at radius 1 is 1.08 bits per heavy atom. The quantitative estimate of drug-likeness (QED) is 0.782. The van der Waals surface area contributed by atoms with Crippen molar-refractivity contribution >= 4 is 17.4 Å². The highest BCUT2D eigenvalue weighted by atomic mass is 35.5. The third-order valence-corrected chi connectivity index (χ3v) is 5.25. The Morgan fingerprint density at radius 2 is 1.79 bits per heavy atom. The molecule has 2 heterocycles. The second-order valence-electron chi connectivity index (χ2n) is 6.61. The summed E-state index contributed by atoms with van der Waals surface area (Å²) in [7, 11) is 2.14. The molecule has 0 radical (unpaired) electrons. The van der Waals surface area contributed by atoms with E-state index in [2.05, 4.69) is 26.8 Å². The van der Waals surface area contributed by atoms with Crippen LogP contribution in [0.5, 0.6) is 0 Å². The lowest BCUT2D eigenvalue weighted by Gasteiger charge is -2.34. The van der Waals surface area contributed by atoms with Gasteiger partial charge in [0.2, 0.25) is 5.28 Å². The van der Waals surface area contributed by atoms with E-state index in [4.69, 9.17) is 11.6 Å². The van der Waals surface area contributed by atoms with E-state index in [1.807, 2.05) is 12.1 Å². The molecule has 0 saturated carbocycles. The van der Waals surface area contributed by atoms with Crippen LogP contribution >= 0.6 is 11.6 Å². The molecule has 2 aromatic rings. The van der Waals surface area contributed by atoms with Gasteiger partial charge in [0.15, 0.2) is 0 Å². The summed E-state index contributed by atoms with van der Waals surface area (Å²) in [6.07, 6.45) is 1.91. The minimum absolute atomic E-state index is 0.173. The van der Waals surface area contributed by atoms with Gasteiger partial charge in [-0.05, 0) is 49.2 Å². The van der Waals surface area contributed by atoms with Crippen LogP contribution in [0.4, 0.5) is 10.2 Å². The predicted molar refractivity (Wildman–Crippen MR) is 93.3 cm³/mol. The highest BCUT2D eigenvalue weighted by Crippen LogP contribution is 2.41. The zero-order chi connectivity index (χ0) is 16.7. The number of likely N-dealkylation sites (N-methyl/N-ethyl adjacent to an activating group) is 1. The summed E-state index contributed by atoms with van der Waals surface area (Å²) >= 11 is 6.24. The Bertz CT molecular complexity index is 741. The summed E-state index contributed by atoms with van der Waals surface area (Å²) in [4.78, 5) is 13.7. The van der Waals surface area contributed by atoms with E-state index in [-0.39, 0.29) is 11.7 Å². The molecule has 1 aromatic heterocycles. The van der Waals surface area contributed by atoms with Crippen molar-refractivity contribution in [3.8, 4) is 0 Å². The number of nitrogens with zero attached hydrogens (tertiary/aromatic N) is 4. The molecule has 6 heteroatoms. The monoisotopic (exact) mass is 346 g/mol. The molecule has 126 valence electrons. The minimum atomic E-state index is -0.212. The van der Waals surface area contributed by atoms with Gasteiger partial charge in [0, 0.05) is 37.7 Å². The zero-order valence-electron chi connectivity index (χ0n) is 13.7. The van der Waals surface area contributed by atoms with Crippen molar-refractivity contribution < 1.29 is 4.39 Å². The smallest absolute Gasteiger partial charge is 0.224 e. The van der Waals surface area contributed by atoms with Gasteiger partial charge in [-0.15, -0.1) is 0 Å². The molecule has 4 nitrogen and oxygen atoms in total. The lowest BCUT2D eigenvalue weighted by molar-refractivity contribution is 0.312. The molecule has 1 unspecified atom stereocenters. The number of halogens is 2. The fourth-order valence-corrected chi connectivity index (χ4v) is 3.89. The van der Waals surface area contributed by atoms with Gasteiger partial charge in [-0.2, -0.15) is 0 Å². The molecule has 1 atom stereocenters.